The van der Waals surface area contributed by atoms with E-state index in [2.05, 4.69) is 29.2 Å². The molecule has 2 rings (SSSR count). The zero-order valence-electron chi connectivity index (χ0n) is 10.7. The lowest BCUT2D eigenvalue weighted by Gasteiger charge is -2.30. The Morgan fingerprint density at radius 3 is 2.83 bits per heavy atom. The van der Waals surface area contributed by atoms with Gasteiger partial charge in [-0.25, -0.2) is 0 Å². The molecule has 0 amide bonds. The van der Waals surface area contributed by atoms with Crippen LogP contribution in [0.2, 0.25) is 0 Å². The van der Waals surface area contributed by atoms with E-state index in [1.807, 2.05) is 6.07 Å². The van der Waals surface area contributed by atoms with Crippen LogP contribution in [0.15, 0.2) is 30.3 Å². The molecule has 18 heavy (non-hydrogen) atoms. The summed E-state index contributed by atoms with van der Waals surface area (Å²) in [5, 5.41) is 9.03. The van der Waals surface area contributed by atoms with E-state index in [0.717, 1.165) is 45.3 Å². The normalized spacial score (nSPS) is 20.8. The summed E-state index contributed by atoms with van der Waals surface area (Å²) in [6, 6.07) is 10.5. The van der Waals surface area contributed by atoms with Gasteiger partial charge in [0.25, 0.3) is 0 Å². The van der Waals surface area contributed by atoms with E-state index in [4.69, 9.17) is 5.11 Å². The average Bonchev–Trinajstić information content (AvgIpc) is 2.40. The Kier molecular flexibility index (Phi) is 4.76. The van der Waals surface area contributed by atoms with E-state index in [-0.39, 0.29) is 5.92 Å². The van der Waals surface area contributed by atoms with Crippen LogP contribution >= 0.6 is 0 Å². The number of aliphatic carboxylic acids is 1. The molecule has 0 saturated carbocycles. The first-order valence-corrected chi connectivity index (χ1v) is 6.75. The molecule has 1 aromatic rings. The zero-order chi connectivity index (χ0) is 12.8. The van der Waals surface area contributed by atoms with Crippen molar-refractivity contribution in [2.75, 3.05) is 19.6 Å². The summed E-state index contributed by atoms with van der Waals surface area (Å²) in [6.07, 6.45) is 4.04. The molecule has 1 aliphatic heterocycles. The number of carbonyl (C=O) groups is 1. The molecule has 1 atom stereocenters. The first-order valence-electron chi connectivity index (χ1n) is 6.75. The predicted octanol–water partition coefficient (Wildman–Crippen LogP) is 2.42. The van der Waals surface area contributed by atoms with Gasteiger partial charge in [-0.2, -0.15) is 0 Å². The van der Waals surface area contributed by atoms with E-state index < -0.39 is 5.97 Å². The fourth-order valence-corrected chi connectivity index (χ4v) is 2.61. The van der Waals surface area contributed by atoms with Gasteiger partial charge in [-0.1, -0.05) is 30.3 Å². The predicted molar refractivity (Wildman–Crippen MR) is 71.6 cm³/mol. The average molecular weight is 247 g/mol. The fourth-order valence-electron chi connectivity index (χ4n) is 2.61. The molecule has 3 nitrogen and oxygen atoms in total. The summed E-state index contributed by atoms with van der Waals surface area (Å²) in [6.45, 7) is 2.79. The Balaban J connectivity index is 1.72. The maximum absolute atomic E-state index is 11.0. The van der Waals surface area contributed by atoms with Crippen LogP contribution in [0.25, 0.3) is 0 Å². The molecule has 1 heterocycles. The molecule has 1 N–H and O–H groups in total. The number of hydrogen-bond acceptors (Lipinski definition) is 2. The number of carboxylic acids is 1. The number of hydrogen-bond donors (Lipinski definition) is 1. The largest absolute Gasteiger partial charge is 0.481 e. The number of nitrogens with zero attached hydrogens (tertiary/aromatic N) is 1. The fraction of sp³-hybridized carbons (Fsp3) is 0.533. The molecule has 0 spiro atoms. The Labute approximate surface area is 108 Å². The zero-order valence-corrected chi connectivity index (χ0v) is 10.7. The minimum absolute atomic E-state index is 0.157. The summed E-state index contributed by atoms with van der Waals surface area (Å²) in [5.41, 5.74) is 1.37. The van der Waals surface area contributed by atoms with Crippen molar-refractivity contribution in [2.45, 2.75) is 25.7 Å². The molecule has 0 unspecified atom stereocenters. The molecule has 0 bridgehead atoms. The molecule has 98 valence electrons. The maximum Gasteiger partial charge on any atom is 0.307 e. The highest BCUT2D eigenvalue weighted by Gasteiger charge is 2.24. The van der Waals surface area contributed by atoms with E-state index in [0.29, 0.717) is 0 Å². The van der Waals surface area contributed by atoms with Crippen molar-refractivity contribution in [1.29, 1.82) is 0 Å². The van der Waals surface area contributed by atoms with Gasteiger partial charge in [-0.3, -0.25) is 4.79 Å². The Morgan fingerprint density at radius 1 is 1.33 bits per heavy atom. The highest BCUT2D eigenvalue weighted by atomic mass is 16.4. The first-order chi connectivity index (χ1) is 8.75. The van der Waals surface area contributed by atoms with Gasteiger partial charge >= 0.3 is 5.97 Å². The van der Waals surface area contributed by atoms with Crippen molar-refractivity contribution in [2.24, 2.45) is 5.92 Å². The van der Waals surface area contributed by atoms with Crippen molar-refractivity contribution < 1.29 is 9.90 Å². The molecule has 0 aromatic heterocycles. The number of aryl methyl sites for hydroxylation is 1. The SMILES string of the molecule is O=C(O)[C@@H]1CCCN(CCCc2ccccc2)C1. The van der Waals surface area contributed by atoms with Gasteiger partial charge in [0.2, 0.25) is 0 Å². The number of rotatable bonds is 5. The van der Waals surface area contributed by atoms with Crippen molar-refractivity contribution in [3.63, 3.8) is 0 Å². The molecule has 1 saturated heterocycles. The van der Waals surface area contributed by atoms with Gasteiger partial charge in [0.1, 0.15) is 0 Å². The molecule has 1 aromatic carbocycles. The number of carboxylic acid groups (broad SMARTS) is 1. The Bertz CT molecular complexity index is 377. The number of benzene rings is 1. The van der Waals surface area contributed by atoms with Gasteiger partial charge in [0.05, 0.1) is 5.92 Å². The van der Waals surface area contributed by atoms with Crippen LogP contribution in [0.1, 0.15) is 24.8 Å². The Morgan fingerprint density at radius 2 is 2.11 bits per heavy atom. The van der Waals surface area contributed by atoms with Crippen LogP contribution in [0.5, 0.6) is 0 Å². The third-order valence-corrected chi connectivity index (χ3v) is 3.64. The minimum Gasteiger partial charge on any atom is -0.481 e. The van der Waals surface area contributed by atoms with Crippen LogP contribution < -0.4 is 0 Å². The van der Waals surface area contributed by atoms with Gasteiger partial charge in [-0.05, 0) is 44.3 Å². The molecule has 1 aliphatic rings. The molecule has 3 heteroatoms. The summed E-state index contributed by atoms with van der Waals surface area (Å²) < 4.78 is 0. The van der Waals surface area contributed by atoms with Crippen LogP contribution in [-0.4, -0.2) is 35.6 Å². The quantitative estimate of drug-likeness (QED) is 0.868. The molecule has 0 radical (unpaired) electrons. The van der Waals surface area contributed by atoms with Crippen LogP contribution in [0.3, 0.4) is 0 Å². The summed E-state index contributed by atoms with van der Waals surface area (Å²) in [5.74, 6) is -0.793. The standard InChI is InChI=1S/C15H21NO2/c17-15(18)14-9-5-11-16(12-14)10-4-8-13-6-2-1-3-7-13/h1-3,6-7,14H,4-5,8-12H2,(H,17,18)/t14-/m1/s1. The van der Waals surface area contributed by atoms with E-state index in [1.54, 1.807) is 0 Å². The van der Waals surface area contributed by atoms with Crippen molar-refractivity contribution in [3.8, 4) is 0 Å². The Hall–Kier alpha value is -1.35. The van der Waals surface area contributed by atoms with Crippen LogP contribution in [-0.2, 0) is 11.2 Å². The highest BCUT2D eigenvalue weighted by molar-refractivity contribution is 5.70. The van der Waals surface area contributed by atoms with Gasteiger partial charge in [0.15, 0.2) is 0 Å². The van der Waals surface area contributed by atoms with Crippen LogP contribution in [0.4, 0.5) is 0 Å². The first kappa shape index (κ1) is 13.1. The summed E-state index contributed by atoms with van der Waals surface area (Å²) in [4.78, 5) is 13.3. The topological polar surface area (TPSA) is 40.5 Å². The van der Waals surface area contributed by atoms with Crippen molar-refractivity contribution in [1.82, 2.24) is 4.90 Å². The second kappa shape index (κ2) is 6.55. The lowest BCUT2D eigenvalue weighted by Crippen LogP contribution is -2.39. The lowest BCUT2D eigenvalue weighted by molar-refractivity contribution is -0.143. The van der Waals surface area contributed by atoms with E-state index in [1.165, 1.54) is 5.56 Å². The lowest BCUT2D eigenvalue weighted by atomic mass is 9.98. The van der Waals surface area contributed by atoms with Gasteiger partial charge in [0, 0.05) is 6.54 Å². The second-order valence-electron chi connectivity index (χ2n) is 5.07. The number of piperidine rings is 1. The molecule has 1 fully saturated rings. The van der Waals surface area contributed by atoms with Gasteiger partial charge in [-0.15, -0.1) is 0 Å². The third-order valence-electron chi connectivity index (χ3n) is 3.64. The van der Waals surface area contributed by atoms with E-state index in [9.17, 15) is 4.79 Å². The van der Waals surface area contributed by atoms with Crippen LogP contribution in [0, 0.1) is 5.92 Å². The molecule has 0 aliphatic carbocycles. The number of likely N-dealkylation sites (tertiary alicyclic amines) is 1. The molecular weight excluding hydrogens is 226 g/mol. The smallest absolute Gasteiger partial charge is 0.307 e. The molecular formula is C15H21NO2. The second-order valence-corrected chi connectivity index (χ2v) is 5.07. The minimum atomic E-state index is -0.636. The van der Waals surface area contributed by atoms with Gasteiger partial charge < -0.3 is 10.0 Å². The third kappa shape index (κ3) is 3.84. The summed E-state index contributed by atoms with van der Waals surface area (Å²) in [7, 11) is 0. The summed E-state index contributed by atoms with van der Waals surface area (Å²) >= 11 is 0. The monoisotopic (exact) mass is 247 g/mol. The van der Waals surface area contributed by atoms with Crippen molar-refractivity contribution in [3.05, 3.63) is 35.9 Å². The maximum atomic E-state index is 11.0. The van der Waals surface area contributed by atoms with Crippen molar-refractivity contribution >= 4 is 5.97 Å². The van der Waals surface area contributed by atoms with E-state index >= 15 is 0 Å². The highest BCUT2D eigenvalue weighted by Crippen LogP contribution is 2.17.